The Morgan fingerprint density at radius 2 is 2.13 bits per heavy atom. The SMILES string of the molecule is CCCCCSc1cccc([C@@H](C)O)c1. The number of thioether (sulfide) groups is 1. The van der Waals surface area contributed by atoms with Gasteiger partial charge in [0.05, 0.1) is 6.10 Å². The van der Waals surface area contributed by atoms with Gasteiger partial charge < -0.3 is 5.11 Å². The van der Waals surface area contributed by atoms with Gasteiger partial charge in [0, 0.05) is 4.90 Å². The van der Waals surface area contributed by atoms with E-state index in [1.165, 1.54) is 29.9 Å². The van der Waals surface area contributed by atoms with Crippen molar-refractivity contribution in [3.63, 3.8) is 0 Å². The van der Waals surface area contributed by atoms with Gasteiger partial charge >= 0.3 is 0 Å². The summed E-state index contributed by atoms with van der Waals surface area (Å²) >= 11 is 1.88. The zero-order valence-electron chi connectivity index (χ0n) is 9.57. The number of rotatable bonds is 6. The number of aliphatic hydroxyl groups excluding tert-OH is 1. The minimum Gasteiger partial charge on any atom is -0.389 e. The molecule has 0 aliphatic rings. The lowest BCUT2D eigenvalue weighted by molar-refractivity contribution is 0.199. The van der Waals surface area contributed by atoms with Gasteiger partial charge in [0.1, 0.15) is 0 Å². The van der Waals surface area contributed by atoms with Gasteiger partial charge in [-0.3, -0.25) is 0 Å². The van der Waals surface area contributed by atoms with Crippen molar-refractivity contribution in [3.05, 3.63) is 29.8 Å². The van der Waals surface area contributed by atoms with E-state index >= 15 is 0 Å². The number of benzene rings is 1. The predicted octanol–water partition coefficient (Wildman–Crippen LogP) is 4.02. The first-order chi connectivity index (χ1) is 7.24. The molecule has 1 N–H and O–H groups in total. The van der Waals surface area contributed by atoms with E-state index in [-0.39, 0.29) is 6.10 Å². The lowest BCUT2D eigenvalue weighted by Gasteiger charge is -2.07. The highest BCUT2D eigenvalue weighted by Gasteiger charge is 2.01. The quantitative estimate of drug-likeness (QED) is 0.581. The molecule has 0 heterocycles. The molecule has 0 aliphatic heterocycles. The topological polar surface area (TPSA) is 20.2 Å². The average molecular weight is 224 g/mol. The molecule has 2 heteroatoms. The summed E-state index contributed by atoms with van der Waals surface area (Å²) in [7, 11) is 0. The molecule has 0 spiro atoms. The third-order valence-corrected chi connectivity index (χ3v) is 3.44. The molecular formula is C13H20OS. The third-order valence-electron chi connectivity index (χ3n) is 2.36. The monoisotopic (exact) mass is 224 g/mol. The molecular weight excluding hydrogens is 204 g/mol. The highest BCUT2D eigenvalue weighted by atomic mass is 32.2. The molecule has 0 bridgehead atoms. The van der Waals surface area contributed by atoms with Gasteiger partial charge in [-0.25, -0.2) is 0 Å². The molecule has 84 valence electrons. The number of hydrogen-bond acceptors (Lipinski definition) is 2. The Bertz CT molecular complexity index is 284. The molecule has 0 aliphatic carbocycles. The zero-order valence-corrected chi connectivity index (χ0v) is 10.4. The fourth-order valence-electron chi connectivity index (χ4n) is 1.41. The number of hydrogen-bond donors (Lipinski definition) is 1. The van der Waals surface area contributed by atoms with Crippen LogP contribution >= 0.6 is 11.8 Å². The van der Waals surface area contributed by atoms with Gasteiger partial charge in [0.25, 0.3) is 0 Å². The lowest BCUT2D eigenvalue weighted by atomic mass is 10.1. The predicted molar refractivity (Wildman–Crippen MR) is 67.3 cm³/mol. The van der Waals surface area contributed by atoms with Crippen molar-refractivity contribution >= 4 is 11.8 Å². The number of aliphatic hydroxyl groups is 1. The smallest absolute Gasteiger partial charge is 0.0762 e. The van der Waals surface area contributed by atoms with E-state index < -0.39 is 0 Å². The van der Waals surface area contributed by atoms with Crippen LogP contribution in [0.2, 0.25) is 0 Å². The van der Waals surface area contributed by atoms with E-state index in [9.17, 15) is 5.11 Å². The molecule has 0 saturated carbocycles. The fourth-order valence-corrected chi connectivity index (χ4v) is 2.38. The molecule has 0 amide bonds. The summed E-state index contributed by atoms with van der Waals surface area (Å²) in [6.45, 7) is 4.03. The molecule has 1 rings (SSSR count). The normalized spacial score (nSPS) is 12.7. The third kappa shape index (κ3) is 4.72. The summed E-state index contributed by atoms with van der Waals surface area (Å²) in [5.74, 6) is 1.18. The van der Waals surface area contributed by atoms with Crippen LogP contribution in [0.1, 0.15) is 44.8 Å². The van der Waals surface area contributed by atoms with Crippen molar-refractivity contribution in [1.82, 2.24) is 0 Å². The maximum atomic E-state index is 9.45. The summed E-state index contributed by atoms with van der Waals surface area (Å²) in [5.41, 5.74) is 1.01. The molecule has 0 aromatic heterocycles. The Morgan fingerprint density at radius 1 is 1.33 bits per heavy atom. The van der Waals surface area contributed by atoms with E-state index in [2.05, 4.69) is 19.1 Å². The van der Waals surface area contributed by atoms with Crippen LogP contribution in [0, 0.1) is 0 Å². The Balaban J connectivity index is 2.43. The van der Waals surface area contributed by atoms with E-state index in [4.69, 9.17) is 0 Å². The van der Waals surface area contributed by atoms with E-state index in [1.54, 1.807) is 6.92 Å². The first-order valence-corrected chi connectivity index (χ1v) is 6.63. The summed E-state index contributed by atoms with van der Waals surface area (Å²) in [5, 5.41) is 9.45. The summed E-state index contributed by atoms with van der Waals surface area (Å²) in [6, 6.07) is 8.19. The van der Waals surface area contributed by atoms with Gasteiger partial charge in [-0.05, 0) is 36.8 Å². The van der Waals surface area contributed by atoms with Crippen molar-refractivity contribution < 1.29 is 5.11 Å². The molecule has 0 fully saturated rings. The largest absolute Gasteiger partial charge is 0.389 e. The summed E-state index contributed by atoms with van der Waals surface area (Å²) in [4.78, 5) is 1.27. The Labute approximate surface area is 96.9 Å². The van der Waals surface area contributed by atoms with Crippen LogP contribution in [0.5, 0.6) is 0 Å². The van der Waals surface area contributed by atoms with Gasteiger partial charge in [0.15, 0.2) is 0 Å². The fraction of sp³-hybridized carbons (Fsp3) is 0.538. The van der Waals surface area contributed by atoms with Crippen LogP contribution in [-0.4, -0.2) is 10.9 Å². The van der Waals surface area contributed by atoms with Crippen LogP contribution in [-0.2, 0) is 0 Å². The van der Waals surface area contributed by atoms with Crippen molar-refractivity contribution in [1.29, 1.82) is 0 Å². The lowest BCUT2D eigenvalue weighted by Crippen LogP contribution is -1.90. The molecule has 1 aromatic carbocycles. The molecule has 0 saturated heterocycles. The van der Waals surface area contributed by atoms with Gasteiger partial charge in [0.2, 0.25) is 0 Å². The molecule has 1 aromatic rings. The van der Waals surface area contributed by atoms with Crippen molar-refractivity contribution in [2.45, 2.75) is 44.1 Å². The minimum absolute atomic E-state index is 0.360. The van der Waals surface area contributed by atoms with E-state index in [1.807, 2.05) is 23.9 Å². The van der Waals surface area contributed by atoms with Crippen molar-refractivity contribution in [3.8, 4) is 0 Å². The van der Waals surface area contributed by atoms with Crippen LogP contribution in [0.25, 0.3) is 0 Å². The number of unbranched alkanes of at least 4 members (excludes halogenated alkanes) is 2. The van der Waals surface area contributed by atoms with Gasteiger partial charge in [-0.1, -0.05) is 31.9 Å². The van der Waals surface area contributed by atoms with E-state index in [0.29, 0.717) is 0 Å². The standard InChI is InChI=1S/C13H20OS/c1-3-4-5-9-15-13-8-6-7-12(10-13)11(2)14/h6-8,10-11,14H,3-5,9H2,1-2H3/t11-/m1/s1. The van der Waals surface area contributed by atoms with Crippen molar-refractivity contribution in [2.24, 2.45) is 0 Å². The molecule has 1 atom stereocenters. The molecule has 15 heavy (non-hydrogen) atoms. The maximum Gasteiger partial charge on any atom is 0.0762 e. The maximum absolute atomic E-state index is 9.45. The molecule has 1 nitrogen and oxygen atoms in total. The Kier molecular flexibility index (Phi) is 5.81. The zero-order chi connectivity index (χ0) is 11.1. The van der Waals surface area contributed by atoms with Crippen LogP contribution < -0.4 is 0 Å². The Morgan fingerprint density at radius 3 is 2.80 bits per heavy atom. The van der Waals surface area contributed by atoms with Crippen molar-refractivity contribution in [2.75, 3.05) is 5.75 Å². The molecule has 0 radical (unpaired) electrons. The van der Waals surface area contributed by atoms with E-state index in [0.717, 1.165) is 5.56 Å². The van der Waals surface area contributed by atoms with Crippen LogP contribution in [0.3, 0.4) is 0 Å². The van der Waals surface area contributed by atoms with Crippen LogP contribution in [0.4, 0.5) is 0 Å². The summed E-state index contributed by atoms with van der Waals surface area (Å²) in [6.07, 6.45) is 3.50. The minimum atomic E-state index is -0.360. The van der Waals surface area contributed by atoms with Gasteiger partial charge in [-0.15, -0.1) is 11.8 Å². The Hall–Kier alpha value is -0.470. The van der Waals surface area contributed by atoms with Gasteiger partial charge in [-0.2, -0.15) is 0 Å². The first-order valence-electron chi connectivity index (χ1n) is 5.65. The molecule has 0 unspecified atom stereocenters. The second kappa shape index (κ2) is 6.91. The summed E-state index contributed by atoms with van der Waals surface area (Å²) < 4.78 is 0. The second-order valence-corrected chi connectivity index (χ2v) is 4.97. The first kappa shape index (κ1) is 12.6. The average Bonchev–Trinajstić information content (AvgIpc) is 2.25. The highest BCUT2D eigenvalue weighted by Crippen LogP contribution is 2.23. The second-order valence-electron chi connectivity index (χ2n) is 3.80. The van der Waals surface area contributed by atoms with Crippen LogP contribution in [0.15, 0.2) is 29.2 Å². The highest BCUT2D eigenvalue weighted by molar-refractivity contribution is 7.99.